The molecular weight excluding hydrogens is 398 g/mol. The number of hydrogen-bond donors (Lipinski definition) is 1. The molecule has 9 heteroatoms. The van der Waals surface area contributed by atoms with Crippen LogP contribution in [0.2, 0.25) is 0 Å². The molecular formula is C19H21N3O4S2. The van der Waals surface area contributed by atoms with Crippen molar-refractivity contribution in [3.63, 3.8) is 0 Å². The fourth-order valence-corrected chi connectivity index (χ4v) is 5.14. The van der Waals surface area contributed by atoms with Crippen molar-refractivity contribution in [3.8, 4) is 5.75 Å². The van der Waals surface area contributed by atoms with Crippen LogP contribution in [0.4, 0.5) is 5.13 Å². The Morgan fingerprint density at radius 3 is 2.43 bits per heavy atom. The minimum Gasteiger partial charge on any atom is -0.494 e. The second kappa shape index (κ2) is 8.26. The average molecular weight is 420 g/mol. The lowest BCUT2D eigenvalue weighted by molar-refractivity contribution is 0.102. The second-order valence-electron chi connectivity index (χ2n) is 5.89. The van der Waals surface area contributed by atoms with Gasteiger partial charge in [0.1, 0.15) is 11.3 Å². The number of methoxy groups -OCH3 is 1. The van der Waals surface area contributed by atoms with Gasteiger partial charge in [-0.1, -0.05) is 31.3 Å². The van der Waals surface area contributed by atoms with Crippen molar-refractivity contribution in [1.82, 2.24) is 9.29 Å². The number of para-hydroxylation sites is 1. The minimum atomic E-state index is -3.55. The van der Waals surface area contributed by atoms with E-state index in [2.05, 4.69) is 10.3 Å². The first-order valence-electron chi connectivity index (χ1n) is 8.75. The van der Waals surface area contributed by atoms with E-state index in [0.29, 0.717) is 35.1 Å². The van der Waals surface area contributed by atoms with E-state index in [1.54, 1.807) is 21.0 Å². The molecule has 0 spiro atoms. The van der Waals surface area contributed by atoms with Crippen molar-refractivity contribution in [1.29, 1.82) is 0 Å². The van der Waals surface area contributed by atoms with Gasteiger partial charge in [0.15, 0.2) is 5.13 Å². The van der Waals surface area contributed by atoms with Crippen LogP contribution in [0.5, 0.6) is 5.75 Å². The number of rotatable bonds is 7. The first-order valence-corrected chi connectivity index (χ1v) is 11.0. The van der Waals surface area contributed by atoms with Crippen LogP contribution in [0.25, 0.3) is 10.2 Å². The number of sulfonamides is 1. The molecule has 0 saturated heterocycles. The number of amides is 1. The Hall–Kier alpha value is -2.49. The van der Waals surface area contributed by atoms with E-state index in [0.717, 1.165) is 4.70 Å². The smallest absolute Gasteiger partial charge is 0.257 e. The van der Waals surface area contributed by atoms with E-state index in [1.807, 2.05) is 18.2 Å². The van der Waals surface area contributed by atoms with Crippen LogP contribution in [-0.2, 0) is 10.0 Å². The highest BCUT2D eigenvalue weighted by Gasteiger charge is 2.22. The third-order valence-corrected chi connectivity index (χ3v) is 7.28. The summed E-state index contributed by atoms with van der Waals surface area (Å²) < 4.78 is 32.6. The lowest BCUT2D eigenvalue weighted by atomic mass is 10.2. The molecule has 28 heavy (non-hydrogen) atoms. The van der Waals surface area contributed by atoms with E-state index in [4.69, 9.17) is 4.74 Å². The third-order valence-electron chi connectivity index (χ3n) is 4.28. The summed E-state index contributed by atoms with van der Waals surface area (Å²) in [5.74, 6) is 0.282. The molecule has 0 saturated carbocycles. The summed E-state index contributed by atoms with van der Waals surface area (Å²) in [5.41, 5.74) is 1.04. The largest absolute Gasteiger partial charge is 0.494 e. The minimum absolute atomic E-state index is 0.164. The average Bonchev–Trinajstić information content (AvgIpc) is 3.11. The molecule has 3 aromatic rings. The van der Waals surface area contributed by atoms with Crippen molar-refractivity contribution in [2.24, 2.45) is 0 Å². The van der Waals surface area contributed by atoms with Gasteiger partial charge in [-0.05, 0) is 36.4 Å². The second-order valence-corrected chi connectivity index (χ2v) is 8.86. The molecule has 0 bridgehead atoms. The number of carbonyl (C=O) groups is 1. The Morgan fingerprint density at radius 2 is 1.82 bits per heavy atom. The molecule has 1 heterocycles. The number of thiazole rings is 1. The van der Waals surface area contributed by atoms with Crippen LogP contribution in [0.3, 0.4) is 0 Å². The van der Waals surface area contributed by atoms with Gasteiger partial charge >= 0.3 is 0 Å². The van der Waals surface area contributed by atoms with Gasteiger partial charge in [-0.15, -0.1) is 0 Å². The molecule has 1 aromatic heterocycles. The molecule has 1 amide bonds. The van der Waals surface area contributed by atoms with Crippen LogP contribution >= 0.6 is 11.3 Å². The normalized spacial score (nSPS) is 11.7. The van der Waals surface area contributed by atoms with Crippen LogP contribution in [-0.4, -0.2) is 43.8 Å². The number of nitrogens with zero attached hydrogens (tertiary/aromatic N) is 2. The predicted molar refractivity (Wildman–Crippen MR) is 111 cm³/mol. The summed E-state index contributed by atoms with van der Waals surface area (Å²) in [5, 5.41) is 3.20. The van der Waals surface area contributed by atoms with Gasteiger partial charge in [-0.2, -0.15) is 4.31 Å². The monoisotopic (exact) mass is 419 g/mol. The third kappa shape index (κ3) is 3.87. The van der Waals surface area contributed by atoms with Gasteiger partial charge in [-0.3, -0.25) is 10.1 Å². The fourth-order valence-electron chi connectivity index (χ4n) is 2.80. The number of fused-ring (bicyclic) bond motifs is 1. The summed E-state index contributed by atoms with van der Waals surface area (Å²) in [6, 6.07) is 11.5. The van der Waals surface area contributed by atoms with Gasteiger partial charge in [0, 0.05) is 18.7 Å². The van der Waals surface area contributed by atoms with Crippen LogP contribution in [0.15, 0.2) is 47.4 Å². The van der Waals surface area contributed by atoms with Gasteiger partial charge in [0.05, 0.1) is 16.7 Å². The number of carbonyl (C=O) groups excluding carboxylic acids is 1. The topological polar surface area (TPSA) is 88.6 Å². The molecule has 7 nitrogen and oxygen atoms in total. The van der Waals surface area contributed by atoms with Gasteiger partial charge < -0.3 is 4.74 Å². The van der Waals surface area contributed by atoms with Crippen LogP contribution < -0.4 is 10.1 Å². The fraction of sp³-hybridized carbons (Fsp3) is 0.263. The molecule has 1 N–H and O–H groups in total. The van der Waals surface area contributed by atoms with Crippen LogP contribution in [0.1, 0.15) is 24.2 Å². The molecule has 0 aliphatic heterocycles. The number of nitrogens with one attached hydrogen (secondary N) is 1. The predicted octanol–water partition coefficient (Wildman–Crippen LogP) is 3.59. The molecule has 2 aromatic carbocycles. The van der Waals surface area contributed by atoms with Crippen molar-refractivity contribution in [2.45, 2.75) is 18.7 Å². The molecule has 148 valence electrons. The number of aromatic nitrogens is 1. The lowest BCUT2D eigenvalue weighted by Crippen LogP contribution is -2.30. The zero-order chi connectivity index (χ0) is 20.3. The van der Waals surface area contributed by atoms with Crippen molar-refractivity contribution >= 4 is 42.6 Å². The van der Waals surface area contributed by atoms with Gasteiger partial charge in [0.2, 0.25) is 10.0 Å². The zero-order valence-electron chi connectivity index (χ0n) is 15.8. The number of benzene rings is 2. The summed E-state index contributed by atoms with van der Waals surface area (Å²) in [6.45, 7) is 4.36. The SMILES string of the molecule is CCN(CC)S(=O)(=O)c1ccc(C(=O)Nc2nc3c(OC)cccc3s2)cc1. The highest BCUT2D eigenvalue weighted by molar-refractivity contribution is 7.89. The molecule has 0 atom stereocenters. The first-order chi connectivity index (χ1) is 13.4. The Labute approximate surface area is 168 Å². The maximum Gasteiger partial charge on any atom is 0.257 e. The van der Waals surface area contributed by atoms with E-state index >= 15 is 0 Å². The molecule has 0 radical (unpaired) electrons. The Balaban J connectivity index is 1.80. The summed E-state index contributed by atoms with van der Waals surface area (Å²) >= 11 is 1.34. The summed E-state index contributed by atoms with van der Waals surface area (Å²) in [7, 11) is -1.98. The first kappa shape index (κ1) is 20.2. The molecule has 0 aliphatic rings. The Morgan fingerprint density at radius 1 is 1.14 bits per heavy atom. The van der Waals surface area contributed by atoms with Gasteiger partial charge in [-0.25, -0.2) is 13.4 Å². The summed E-state index contributed by atoms with van der Waals surface area (Å²) in [4.78, 5) is 17.1. The molecule has 0 aliphatic carbocycles. The van der Waals surface area contributed by atoms with Crippen molar-refractivity contribution < 1.29 is 17.9 Å². The summed E-state index contributed by atoms with van der Waals surface area (Å²) in [6.07, 6.45) is 0. The van der Waals surface area contributed by atoms with Crippen LogP contribution in [0, 0.1) is 0 Å². The lowest BCUT2D eigenvalue weighted by Gasteiger charge is -2.18. The zero-order valence-corrected chi connectivity index (χ0v) is 17.4. The molecule has 3 rings (SSSR count). The van der Waals surface area contributed by atoms with E-state index in [-0.39, 0.29) is 10.8 Å². The number of anilines is 1. The quantitative estimate of drug-likeness (QED) is 0.632. The van der Waals surface area contributed by atoms with E-state index in [1.165, 1.54) is 39.9 Å². The maximum absolute atomic E-state index is 12.5. The van der Waals surface area contributed by atoms with E-state index in [9.17, 15) is 13.2 Å². The molecule has 0 unspecified atom stereocenters. The Kier molecular flexibility index (Phi) is 5.97. The number of hydrogen-bond acceptors (Lipinski definition) is 6. The Bertz CT molecular complexity index is 1090. The van der Waals surface area contributed by atoms with Crippen molar-refractivity contribution in [2.75, 3.05) is 25.5 Å². The van der Waals surface area contributed by atoms with Gasteiger partial charge in [0.25, 0.3) is 5.91 Å². The highest BCUT2D eigenvalue weighted by Crippen LogP contribution is 2.32. The highest BCUT2D eigenvalue weighted by atomic mass is 32.2. The van der Waals surface area contributed by atoms with E-state index < -0.39 is 10.0 Å². The van der Waals surface area contributed by atoms with Crippen molar-refractivity contribution in [3.05, 3.63) is 48.0 Å². The number of ether oxygens (including phenoxy) is 1. The molecule has 0 fully saturated rings. The standard InChI is InChI=1S/C19H21N3O4S2/c1-4-22(5-2)28(24,25)14-11-9-13(10-12-14)18(23)21-19-20-17-15(26-3)7-6-8-16(17)27-19/h6-12H,4-5H2,1-3H3,(H,20,21,23). The maximum atomic E-state index is 12.5.